The number of amides is 1. The molecule has 1 fully saturated rings. The van der Waals surface area contributed by atoms with E-state index in [0.29, 0.717) is 21.9 Å². The SMILES string of the molecule is CC1CN(c2cccc(-c3ccc4cnc(CNC(=O)c5ccc6c(c5)SCCC6(F)F)cc4n3)n2)CC(C)O1. The number of alkyl halides is 2. The zero-order valence-corrected chi connectivity index (χ0v) is 23.0. The molecule has 0 saturated carbocycles. The largest absolute Gasteiger partial charge is 0.372 e. The van der Waals surface area contributed by atoms with Gasteiger partial charge in [0, 0.05) is 52.9 Å². The maximum absolute atomic E-state index is 14.2. The Morgan fingerprint density at radius 3 is 2.70 bits per heavy atom. The Morgan fingerprint density at radius 1 is 1.07 bits per heavy atom. The van der Waals surface area contributed by atoms with Gasteiger partial charge in [-0.25, -0.2) is 18.7 Å². The molecule has 2 atom stereocenters. The average molecular weight is 562 g/mol. The molecule has 7 nitrogen and oxygen atoms in total. The van der Waals surface area contributed by atoms with Crippen LogP contribution in [0.25, 0.3) is 22.3 Å². The van der Waals surface area contributed by atoms with Crippen LogP contribution in [-0.2, 0) is 17.2 Å². The van der Waals surface area contributed by atoms with E-state index in [9.17, 15) is 13.6 Å². The molecule has 1 amide bonds. The van der Waals surface area contributed by atoms with Crippen molar-refractivity contribution in [2.24, 2.45) is 0 Å². The summed E-state index contributed by atoms with van der Waals surface area (Å²) >= 11 is 1.35. The van der Waals surface area contributed by atoms with E-state index < -0.39 is 5.92 Å². The first kappa shape index (κ1) is 26.6. The Morgan fingerprint density at radius 2 is 1.88 bits per heavy atom. The number of carbonyl (C=O) groups is 1. The molecule has 2 unspecified atom stereocenters. The molecule has 0 radical (unpaired) electrons. The van der Waals surface area contributed by atoms with Gasteiger partial charge >= 0.3 is 0 Å². The number of carbonyl (C=O) groups excluding carboxylic acids is 1. The Hall–Kier alpha value is -3.63. The minimum atomic E-state index is -2.85. The quantitative estimate of drug-likeness (QED) is 0.329. The lowest BCUT2D eigenvalue weighted by Crippen LogP contribution is -2.45. The second kappa shape index (κ2) is 10.7. The van der Waals surface area contributed by atoms with Gasteiger partial charge in [-0.1, -0.05) is 12.1 Å². The van der Waals surface area contributed by atoms with Crippen molar-refractivity contribution in [3.05, 3.63) is 77.6 Å². The first-order valence-corrected chi connectivity index (χ1v) is 14.3. The molecule has 40 heavy (non-hydrogen) atoms. The van der Waals surface area contributed by atoms with Gasteiger partial charge in [0.1, 0.15) is 5.82 Å². The summed E-state index contributed by atoms with van der Waals surface area (Å²) in [6.07, 6.45) is 1.81. The normalized spacial score (nSPS) is 20.2. The van der Waals surface area contributed by atoms with Crippen molar-refractivity contribution in [3.8, 4) is 11.4 Å². The van der Waals surface area contributed by atoms with Crippen LogP contribution in [0.5, 0.6) is 0 Å². The minimum absolute atomic E-state index is 0.00698. The number of benzene rings is 1. The van der Waals surface area contributed by atoms with Crippen LogP contribution in [0.15, 0.2) is 65.7 Å². The van der Waals surface area contributed by atoms with Crippen molar-refractivity contribution in [3.63, 3.8) is 0 Å². The Labute approximate surface area is 235 Å². The van der Waals surface area contributed by atoms with E-state index in [1.807, 2.05) is 36.4 Å². The molecule has 4 aromatic rings. The van der Waals surface area contributed by atoms with Gasteiger partial charge in [-0.05, 0) is 56.3 Å². The summed E-state index contributed by atoms with van der Waals surface area (Å²) in [7, 11) is 0. The van der Waals surface area contributed by atoms with Crippen molar-refractivity contribution in [1.29, 1.82) is 0 Å². The number of morpholine rings is 1. The van der Waals surface area contributed by atoms with E-state index in [1.54, 1.807) is 12.3 Å². The standard InChI is InChI=1S/C30H29F2N5O2S/c1-18-16-37(17-19(2)39-18)28-5-3-4-24(36-28)25-9-7-21-14-33-22(13-26(21)35-25)15-34-29(38)20-6-8-23-27(12-20)40-11-10-30(23,31)32/h3-9,12-14,18-19H,10-11,15-17H2,1-2H3,(H,34,38). The number of aromatic nitrogens is 3. The fourth-order valence-corrected chi connectivity index (χ4v) is 6.35. The molecule has 1 aromatic carbocycles. The second-order valence-electron chi connectivity index (χ2n) is 10.3. The number of pyridine rings is 3. The summed E-state index contributed by atoms with van der Waals surface area (Å²) in [6, 6.07) is 16.0. The molecule has 0 spiro atoms. The van der Waals surface area contributed by atoms with Gasteiger partial charge in [-0.3, -0.25) is 9.78 Å². The molecular formula is C30H29F2N5O2S. The number of rotatable bonds is 5. The molecule has 2 aliphatic heterocycles. The molecule has 0 aliphatic carbocycles. The number of nitrogens with one attached hydrogen (secondary N) is 1. The van der Waals surface area contributed by atoms with E-state index >= 15 is 0 Å². The number of fused-ring (bicyclic) bond motifs is 2. The minimum Gasteiger partial charge on any atom is -0.372 e. The molecule has 1 N–H and O–H groups in total. The van der Waals surface area contributed by atoms with Crippen molar-refractivity contribution in [2.75, 3.05) is 23.7 Å². The first-order chi connectivity index (χ1) is 19.2. The van der Waals surface area contributed by atoms with Gasteiger partial charge in [0.15, 0.2) is 0 Å². The number of halogens is 2. The van der Waals surface area contributed by atoms with Crippen LogP contribution >= 0.6 is 11.8 Å². The highest BCUT2D eigenvalue weighted by molar-refractivity contribution is 7.99. The Balaban J connectivity index is 1.18. The molecule has 2 aliphatic rings. The van der Waals surface area contributed by atoms with Crippen LogP contribution in [0.2, 0.25) is 0 Å². The molecule has 6 rings (SSSR count). The van der Waals surface area contributed by atoms with Crippen LogP contribution < -0.4 is 10.2 Å². The number of hydrogen-bond donors (Lipinski definition) is 1. The third-order valence-corrected chi connectivity index (χ3v) is 8.17. The van der Waals surface area contributed by atoms with Crippen molar-refractivity contribution in [1.82, 2.24) is 20.3 Å². The molecule has 206 valence electrons. The number of anilines is 1. The van der Waals surface area contributed by atoms with E-state index in [1.165, 1.54) is 23.9 Å². The maximum atomic E-state index is 14.2. The number of thioether (sulfide) groups is 1. The van der Waals surface area contributed by atoms with E-state index in [-0.39, 0.29) is 36.6 Å². The van der Waals surface area contributed by atoms with Crippen LogP contribution in [0.4, 0.5) is 14.6 Å². The fraction of sp³-hybridized carbons (Fsp3) is 0.333. The summed E-state index contributed by atoms with van der Waals surface area (Å²) in [6.45, 7) is 5.88. The predicted molar refractivity (Wildman–Crippen MR) is 152 cm³/mol. The van der Waals surface area contributed by atoms with Crippen molar-refractivity contribution < 1.29 is 18.3 Å². The monoisotopic (exact) mass is 561 g/mol. The Kier molecular flexibility index (Phi) is 7.14. The van der Waals surface area contributed by atoms with Crippen LogP contribution in [0, 0.1) is 0 Å². The topological polar surface area (TPSA) is 80.2 Å². The third kappa shape index (κ3) is 5.51. The summed E-state index contributed by atoms with van der Waals surface area (Å²) < 4.78 is 34.2. The van der Waals surface area contributed by atoms with Crippen LogP contribution in [0.1, 0.15) is 41.9 Å². The highest BCUT2D eigenvalue weighted by atomic mass is 32.2. The number of nitrogens with zero attached hydrogens (tertiary/aromatic N) is 4. The smallest absolute Gasteiger partial charge is 0.275 e. The lowest BCUT2D eigenvalue weighted by Gasteiger charge is -2.36. The number of hydrogen-bond acceptors (Lipinski definition) is 7. The molecule has 5 heterocycles. The van der Waals surface area contributed by atoms with Crippen LogP contribution in [0.3, 0.4) is 0 Å². The lowest BCUT2D eigenvalue weighted by molar-refractivity contribution is -0.0116. The summed E-state index contributed by atoms with van der Waals surface area (Å²) in [5.74, 6) is -1.98. The van der Waals surface area contributed by atoms with Crippen LogP contribution in [-0.4, -0.2) is 51.9 Å². The summed E-state index contributed by atoms with van der Waals surface area (Å²) in [5.41, 5.74) is 3.24. The van der Waals surface area contributed by atoms with Gasteiger partial charge in [-0.15, -0.1) is 11.8 Å². The Bertz CT molecular complexity index is 1570. The predicted octanol–water partition coefficient (Wildman–Crippen LogP) is 5.82. The summed E-state index contributed by atoms with van der Waals surface area (Å²) in [5, 5.41) is 3.72. The van der Waals surface area contributed by atoms with Crippen molar-refractivity contribution >= 4 is 34.4 Å². The fourth-order valence-electron chi connectivity index (χ4n) is 5.19. The van der Waals surface area contributed by atoms with Gasteiger partial charge in [0.05, 0.1) is 41.4 Å². The van der Waals surface area contributed by atoms with E-state index in [0.717, 1.165) is 41.2 Å². The van der Waals surface area contributed by atoms with Gasteiger partial charge in [0.2, 0.25) is 0 Å². The highest BCUT2D eigenvalue weighted by Crippen LogP contribution is 2.44. The van der Waals surface area contributed by atoms with E-state index in [2.05, 4.69) is 29.0 Å². The van der Waals surface area contributed by atoms with Gasteiger partial charge < -0.3 is 15.0 Å². The molecular weight excluding hydrogens is 532 g/mol. The van der Waals surface area contributed by atoms with Crippen molar-refractivity contribution in [2.45, 2.75) is 49.8 Å². The maximum Gasteiger partial charge on any atom is 0.275 e. The van der Waals surface area contributed by atoms with Gasteiger partial charge in [-0.2, -0.15) is 0 Å². The average Bonchev–Trinajstić information content (AvgIpc) is 2.94. The summed E-state index contributed by atoms with van der Waals surface area (Å²) in [4.78, 5) is 29.7. The first-order valence-electron chi connectivity index (χ1n) is 13.3. The van der Waals surface area contributed by atoms with Gasteiger partial charge in [0.25, 0.3) is 11.8 Å². The zero-order chi connectivity index (χ0) is 27.9. The second-order valence-corrected chi connectivity index (χ2v) is 11.4. The highest BCUT2D eigenvalue weighted by Gasteiger charge is 2.37. The number of ether oxygens (including phenoxy) is 1. The third-order valence-electron chi connectivity index (χ3n) is 7.11. The van der Waals surface area contributed by atoms with E-state index in [4.69, 9.17) is 14.7 Å². The molecule has 1 saturated heterocycles. The lowest BCUT2D eigenvalue weighted by atomic mass is 10.0. The molecule has 3 aromatic heterocycles. The zero-order valence-electron chi connectivity index (χ0n) is 22.2. The molecule has 10 heteroatoms. The molecule has 0 bridgehead atoms.